The third-order valence-corrected chi connectivity index (χ3v) is 11.5. The monoisotopic (exact) mass is 899 g/mol. The van der Waals surface area contributed by atoms with Gasteiger partial charge in [-0.2, -0.15) is 0 Å². The van der Waals surface area contributed by atoms with E-state index in [9.17, 15) is 55.8 Å². The Labute approximate surface area is 366 Å². The first kappa shape index (κ1) is 52.2. The maximum atomic E-state index is 13.2. The van der Waals surface area contributed by atoms with E-state index < -0.39 is 91.7 Å². The van der Waals surface area contributed by atoms with Crippen LogP contribution in [0.5, 0.6) is 0 Å². The molecule has 2 aromatic rings. The number of hydrogen-bond acceptors (Lipinski definition) is 19. The van der Waals surface area contributed by atoms with E-state index in [0.717, 1.165) is 19.3 Å². The van der Waals surface area contributed by atoms with Crippen LogP contribution in [0.1, 0.15) is 110 Å². The van der Waals surface area contributed by atoms with Gasteiger partial charge >= 0.3 is 5.69 Å². The summed E-state index contributed by atoms with van der Waals surface area (Å²) >= 11 is 0. The molecule has 358 valence electrons. The number of anilines is 1. The minimum Gasteiger partial charge on any atom is -0.394 e. The van der Waals surface area contributed by atoms with Crippen LogP contribution >= 0.6 is 0 Å². The van der Waals surface area contributed by atoms with Gasteiger partial charge in [-0.25, -0.2) is 4.63 Å². The summed E-state index contributed by atoms with van der Waals surface area (Å²) in [6, 6.07) is 1.82. The van der Waals surface area contributed by atoms with E-state index in [-0.39, 0.29) is 35.7 Å². The summed E-state index contributed by atoms with van der Waals surface area (Å²) in [7, 11) is 0. The van der Waals surface area contributed by atoms with E-state index in [2.05, 4.69) is 27.9 Å². The van der Waals surface area contributed by atoms with Gasteiger partial charge in [-0.1, -0.05) is 89.7 Å². The summed E-state index contributed by atoms with van der Waals surface area (Å²) in [5, 5.41) is 108. The van der Waals surface area contributed by atoms with Crippen molar-refractivity contribution in [3.05, 3.63) is 34.4 Å². The zero-order valence-corrected chi connectivity index (χ0v) is 36.1. The molecule has 2 fully saturated rings. The van der Waals surface area contributed by atoms with E-state index >= 15 is 0 Å². The smallest absolute Gasteiger partial charge is 0.300 e. The zero-order chi connectivity index (χ0) is 45.7. The number of allylic oxidation sites excluding steroid dienone is 1. The van der Waals surface area contributed by atoms with Gasteiger partial charge < -0.3 is 70.4 Å². The molecule has 12 atom stereocenters. The number of aliphatic hydroxyl groups excluding tert-OH is 8. The van der Waals surface area contributed by atoms with Crippen LogP contribution in [0.15, 0.2) is 28.9 Å². The van der Waals surface area contributed by atoms with Gasteiger partial charge in [0.2, 0.25) is 11.4 Å². The number of fused-ring (bicyclic) bond motifs is 1. The van der Waals surface area contributed by atoms with Crippen LogP contribution in [-0.4, -0.2) is 162 Å². The van der Waals surface area contributed by atoms with Gasteiger partial charge in [0.15, 0.2) is 18.1 Å². The topological polar surface area (TPSA) is 322 Å². The molecule has 63 heavy (non-hydrogen) atoms. The molecule has 1 aromatic heterocycles. The van der Waals surface area contributed by atoms with Crippen molar-refractivity contribution in [2.24, 2.45) is 0 Å². The fourth-order valence-corrected chi connectivity index (χ4v) is 7.65. The van der Waals surface area contributed by atoms with Gasteiger partial charge in [-0.3, -0.25) is 14.9 Å². The average Bonchev–Trinajstić information content (AvgIpc) is 3.77. The third-order valence-electron chi connectivity index (χ3n) is 11.5. The van der Waals surface area contributed by atoms with Crippen molar-refractivity contribution in [3.8, 4) is 0 Å². The molecule has 0 unspecified atom stereocenters. The lowest BCUT2D eigenvalue weighted by Gasteiger charge is -2.46. The molecule has 21 nitrogen and oxygen atoms in total. The molecule has 0 aliphatic carbocycles. The molecular formula is C42H69N5O16. The Bertz CT molecular complexity index is 1650. The number of rotatable bonds is 30. The molecule has 1 amide bonds. The summed E-state index contributed by atoms with van der Waals surface area (Å²) in [6.45, 7) is 0.808. The molecule has 1 aromatic carbocycles. The molecule has 21 heteroatoms. The number of carbonyl (C=O) groups is 1. The quantitative estimate of drug-likeness (QED) is 0.0231. The van der Waals surface area contributed by atoms with Gasteiger partial charge in [0.1, 0.15) is 48.8 Å². The van der Waals surface area contributed by atoms with E-state index in [0.29, 0.717) is 37.9 Å². The Hall–Kier alpha value is -3.45. The standard InChI is InChI=1S/C42H69N5O16/c1-2-3-4-5-6-7-8-9-10-11-12-13-15-18-29(50)27(44-32(51)19-16-14-17-22-43-26-20-21-28(47(57)58)34-33(26)45-63-46-34)25-59-41-39(56)37(54)40(31(24-49)61-41)62-42-38(55)36(53)35(52)30(23-48)60-42/h15,18,20-21,27,29-31,35-43,48-50,52-56H,2-14,16-17,19,22-25H2,1H3,(H,44,51)/b18-15+/t27-,29+,30+,31+,35-,36-,37+,38+,39+,40+,41+,42-/m0/s1. The first-order chi connectivity index (χ1) is 30.4. The number of nitrogens with zero attached hydrogens (tertiary/aromatic N) is 3. The number of aliphatic hydroxyl groups is 8. The normalized spacial score (nSPS) is 27.4. The molecular weight excluding hydrogens is 830 g/mol. The van der Waals surface area contributed by atoms with E-state index in [1.807, 2.05) is 6.08 Å². The zero-order valence-electron chi connectivity index (χ0n) is 36.1. The van der Waals surface area contributed by atoms with Crippen LogP contribution in [0.4, 0.5) is 11.4 Å². The number of ether oxygens (including phenoxy) is 4. The average molecular weight is 900 g/mol. The molecule has 0 bridgehead atoms. The Morgan fingerprint density at radius 1 is 0.810 bits per heavy atom. The Balaban J connectivity index is 1.28. The lowest BCUT2D eigenvalue weighted by molar-refractivity contribution is -0.383. The SMILES string of the molecule is CCCCCCCCCCCCC/C=C/[C@@H](O)[C@H](CO[C@@H]1O[C@H](CO)[C@@H](O[C@@H]2O[C@H](CO)[C@H](O)[C@H](O)[C@H]2O)[C@H](O)[C@H]1O)NC(=O)CCCCCNc1ccc([N+](=O)[O-])c2nonc12. The first-order valence-corrected chi connectivity index (χ1v) is 22.4. The van der Waals surface area contributed by atoms with Crippen molar-refractivity contribution in [3.63, 3.8) is 0 Å². The van der Waals surface area contributed by atoms with Crippen LogP contribution in [0, 0.1) is 10.1 Å². The number of amides is 1. The summed E-state index contributed by atoms with van der Waals surface area (Å²) in [6.07, 6.45) is 1.67. The second-order valence-electron chi connectivity index (χ2n) is 16.3. The van der Waals surface area contributed by atoms with Crippen molar-refractivity contribution in [1.82, 2.24) is 15.6 Å². The molecule has 10 N–H and O–H groups in total. The molecule has 0 radical (unpaired) electrons. The van der Waals surface area contributed by atoms with Crippen molar-refractivity contribution in [2.45, 2.75) is 183 Å². The highest BCUT2D eigenvalue weighted by Crippen LogP contribution is 2.31. The van der Waals surface area contributed by atoms with Gasteiger partial charge in [-0.05, 0) is 42.1 Å². The number of non-ortho nitro benzene ring substituents is 1. The number of nitrogens with one attached hydrogen (secondary N) is 2. The minimum atomic E-state index is -1.82. The first-order valence-electron chi connectivity index (χ1n) is 22.4. The van der Waals surface area contributed by atoms with E-state index in [1.54, 1.807) is 6.08 Å². The summed E-state index contributed by atoms with van der Waals surface area (Å²) < 4.78 is 27.2. The van der Waals surface area contributed by atoms with Crippen LogP contribution in [0.2, 0.25) is 0 Å². The molecule has 0 saturated carbocycles. The van der Waals surface area contributed by atoms with E-state index in [1.165, 1.54) is 63.5 Å². The number of nitro groups is 1. The second kappa shape index (κ2) is 27.8. The Morgan fingerprint density at radius 2 is 1.43 bits per heavy atom. The second-order valence-corrected chi connectivity index (χ2v) is 16.3. The number of unbranched alkanes of at least 4 members (excludes halogenated alkanes) is 13. The predicted octanol–water partition coefficient (Wildman–Crippen LogP) is 1.85. The molecule has 2 saturated heterocycles. The number of benzene rings is 1. The number of carbonyl (C=O) groups excluding carboxylic acids is 1. The highest BCUT2D eigenvalue weighted by molar-refractivity contribution is 5.93. The van der Waals surface area contributed by atoms with Crippen molar-refractivity contribution in [1.29, 1.82) is 0 Å². The Kier molecular flexibility index (Phi) is 23.0. The third kappa shape index (κ3) is 15.9. The van der Waals surface area contributed by atoms with Gasteiger partial charge in [0.05, 0.1) is 42.6 Å². The summed E-state index contributed by atoms with van der Waals surface area (Å²) in [5.41, 5.74) is 0.561. The van der Waals surface area contributed by atoms with E-state index in [4.69, 9.17) is 23.6 Å². The van der Waals surface area contributed by atoms with Crippen LogP contribution in [0.25, 0.3) is 11.0 Å². The summed E-state index contributed by atoms with van der Waals surface area (Å²) in [4.78, 5) is 23.9. The lowest BCUT2D eigenvalue weighted by atomic mass is 9.97. The van der Waals surface area contributed by atoms with Crippen LogP contribution in [-0.2, 0) is 23.7 Å². The van der Waals surface area contributed by atoms with Crippen LogP contribution in [0.3, 0.4) is 0 Å². The van der Waals surface area contributed by atoms with Gasteiger partial charge in [0, 0.05) is 19.0 Å². The van der Waals surface area contributed by atoms with Crippen molar-refractivity contribution >= 4 is 28.3 Å². The maximum Gasteiger partial charge on any atom is 0.300 e. The van der Waals surface area contributed by atoms with Crippen molar-refractivity contribution in [2.75, 3.05) is 31.7 Å². The van der Waals surface area contributed by atoms with Crippen LogP contribution < -0.4 is 10.6 Å². The molecule has 2 aliphatic heterocycles. The lowest BCUT2D eigenvalue weighted by Crippen LogP contribution is -2.65. The molecule has 2 aliphatic rings. The number of hydrogen-bond donors (Lipinski definition) is 10. The van der Waals surface area contributed by atoms with Crippen molar-refractivity contribution < 1.29 is 74.1 Å². The van der Waals surface area contributed by atoms with Gasteiger partial charge in [0.25, 0.3) is 0 Å². The molecule has 3 heterocycles. The number of nitro benzene ring substituents is 1. The highest BCUT2D eigenvalue weighted by atomic mass is 16.7. The fraction of sp³-hybridized carbons (Fsp3) is 0.786. The summed E-state index contributed by atoms with van der Waals surface area (Å²) in [5.74, 6) is -0.383. The fourth-order valence-electron chi connectivity index (χ4n) is 7.65. The largest absolute Gasteiger partial charge is 0.394 e. The number of aromatic nitrogens is 2. The molecule has 4 rings (SSSR count). The maximum absolute atomic E-state index is 13.2. The minimum absolute atomic E-state index is 0.0327. The predicted molar refractivity (Wildman–Crippen MR) is 226 cm³/mol. The Morgan fingerprint density at radius 3 is 2.10 bits per heavy atom. The van der Waals surface area contributed by atoms with Gasteiger partial charge in [-0.15, -0.1) is 0 Å². The highest BCUT2D eigenvalue weighted by Gasteiger charge is 2.51. The molecule has 0 spiro atoms.